The molecule has 2 heterocycles. The first-order chi connectivity index (χ1) is 15.8. The largest absolute Gasteiger partial charge is 0.391 e. The fourth-order valence-electron chi connectivity index (χ4n) is 4.47. The van der Waals surface area contributed by atoms with Crippen molar-refractivity contribution in [1.82, 2.24) is 5.32 Å². The van der Waals surface area contributed by atoms with Crippen molar-refractivity contribution in [3.8, 4) is 0 Å². The lowest BCUT2D eigenvalue weighted by atomic mass is 9.75. The van der Waals surface area contributed by atoms with Crippen LogP contribution in [-0.2, 0) is 33.3 Å². The number of ketones is 1. The van der Waals surface area contributed by atoms with Gasteiger partial charge in [0, 0.05) is 51.9 Å². The second-order valence-electron chi connectivity index (χ2n) is 9.89. The minimum Gasteiger partial charge on any atom is -0.391 e. The van der Waals surface area contributed by atoms with Gasteiger partial charge in [0.1, 0.15) is 11.9 Å². The van der Waals surface area contributed by atoms with Gasteiger partial charge >= 0.3 is 0 Å². The quantitative estimate of drug-likeness (QED) is 0.304. The highest BCUT2D eigenvalue weighted by Crippen LogP contribution is 2.39. The Balaban J connectivity index is 2.15. The zero-order valence-electron chi connectivity index (χ0n) is 21.3. The summed E-state index contributed by atoms with van der Waals surface area (Å²) in [4.78, 5) is 25.9. The van der Waals surface area contributed by atoms with Crippen molar-refractivity contribution in [2.45, 2.75) is 89.5 Å². The Morgan fingerprint density at radius 3 is 2.44 bits per heavy atom. The fourth-order valence-corrected chi connectivity index (χ4v) is 4.47. The van der Waals surface area contributed by atoms with Crippen LogP contribution in [0.2, 0.25) is 0 Å². The van der Waals surface area contributed by atoms with Gasteiger partial charge in [-0.05, 0) is 6.92 Å². The Morgan fingerprint density at radius 1 is 1.26 bits per heavy atom. The van der Waals surface area contributed by atoms with Crippen molar-refractivity contribution >= 4 is 11.7 Å². The maximum atomic E-state index is 13.0. The van der Waals surface area contributed by atoms with Crippen molar-refractivity contribution in [2.24, 2.45) is 11.3 Å². The monoisotopic (exact) mass is 487 g/mol. The molecular weight excluding hydrogens is 446 g/mol. The number of aliphatic hydroxyl groups excluding tert-OH is 2. The smallest absolute Gasteiger partial charge is 0.256 e. The standard InChI is InChI=1S/C24H41NO9/c1-13-11-24(32-8,34-15(3)14(13)2)20(28)21(29)25-22(31-7)17-10-18(27)23(4,5)19(33-17)9-16(26)12-30-6/h14-17,19-20,22,26,28H,1,9-12H2,2-8H3,(H,25,29)/t14-,15-,16+,17+,19-,20-,22+,24-/m1/s1. The van der Waals surface area contributed by atoms with Crippen molar-refractivity contribution in [2.75, 3.05) is 27.9 Å². The van der Waals surface area contributed by atoms with Gasteiger partial charge in [0.2, 0.25) is 5.79 Å². The molecule has 34 heavy (non-hydrogen) atoms. The Labute approximate surface area is 201 Å². The van der Waals surface area contributed by atoms with Crippen LogP contribution in [0.25, 0.3) is 0 Å². The molecule has 0 aliphatic carbocycles. The first-order valence-corrected chi connectivity index (χ1v) is 11.6. The average Bonchev–Trinajstić information content (AvgIpc) is 2.78. The first-order valence-electron chi connectivity index (χ1n) is 11.6. The molecule has 0 aromatic heterocycles. The van der Waals surface area contributed by atoms with Crippen LogP contribution in [0.1, 0.15) is 47.0 Å². The van der Waals surface area contributed by atoms with Crippen LogP contribution in [0.4, 0.5) is 0 Å². The Hall–Kier alpha value is -1.40. The van der Waals surface area contributed by atoms with Crippen LogP contribution >= 0.6 is 0 Å². The molecule has 2 aliphatic heterocycles. The second kappa shape index (κ2) is 11.6. The summed E-state index contributed by atoms with van der Waals surface area (Å²) in [7, 11) is 4.21. The second-order valence-corrected chi connectivity index (χ2v) is 9.89. The van der Waals surface area contributed by atoms with E-state index in [4.69, 9.17) is 23.7 Å². The van der Waals surface area contributed by atoms with Crippen molar-refractivity contribution in [3.63, 3.8) is 0 Å². The van der Waals surface area contributed by atoms with Crippen LogP contribution in [0.5, 0.6) is 0 Å². The van der Waals surface area contributed by atoms with Crippen LogP contribution in [0.15, 0.2) is 12.2 Å². The van der Waals surface area contributed by atoms with Crippen molar-refractivity contribution < 1.29 is 43.5 Å². The van der Waals surface area contributed by atoms with Gasteiger partial charge in [0.05, 0.1) is 24.9 Å². The predicted molar refractivity (Wildman–Crippen MR) is 123 cm³/mol. The van der Waals surface area contributed by atoms with Gasteiger partial charge in [-0.25, -0.2) is 0 Å². The summed E-state index contributed by atoms with van der Waals surface area (Å²) in [6.45, 7) is 11.4. The normalized spacial score (nSPS) is 34.4. The van der Waals surface area contributed by atoms with E-state index < -0.39 is 47.8 Å². The summed E-state index contributed by atoms with van der Waals surface area (Å²) >= 11 is 0. The van der Waals surface area contributed by atoms with Gasteiger partial charge in [-0.15, -0.1) is 0 Å². The maximum absolute atomic E-state index is 13.0. The number of hydrogen-bond acceptors (Lipinski definition) is 9. The Morgan fingerprint density at radius 2 is 1.91 bits per heavy atom. The summed E-state index contributed by atoms with van der Waals surface area (Å²) in [6, 6.07) is 0. The Kier molecular flexibility index (Phi) is 9.80. The number of methoxy groups -OCH3 is 3. The molecule has 2 fully saturated rings. The molecule has 0 radical (unpaired) electrons. The van der Waals surface area contributed by atoms with E-state index >= 15 is 0 Å². The van der Waals surface area contributed by atoms with Gasteiger partial charge in [0.15, 0.2) is 12.3 Å². The molecule has 3 N–H and O–H groups in total. The van der Waals surface area contributed by atoms with E-state index in [2.05, 4.69) is 11.9 Å². The topological polar surface area (TPSA) is 133 Å². The molecule has 0 unspecified atom stereocenters. The minimum absolute atomic E-state index is 0.00394. The van der Waals surface area contributed by atoms with Crippen LogP contribution in [0, 0.1) is 11.3 Å². The molecule has 0 aromatic carbocycles. The average molecular weight is 488 g/mol. The van der Waals surface area contributed by atoms with Gasteiger partial charge in [-0.2, -0.15) is 0 Å². The highest BCUT2D eigenvalue weighted by atomic mass is 16.7. The molecular formula is C24H41NO9. The fraction of sp³-hybridized carbons (Fsp3) is 0.833. The van der Waals surface area contributed by atoms with Crippen LogP contribution in [0.3, 0.4) is 0 Å². The maximum Gasteiger partial charge on any atom is 0.256 e. The summed E-state index contributed by atoms with van der Waals surface area (Å²) in [6.07, 6.45) is -4.97. The highest BCUT2D eigenvalue weighted by molar-refractivity contribution is 5.86. The number of hydrogen-bond donors (Lipinski definition) is 3. The van der Waals surface area contributed by atoms with Gasteiger partial charge < -0.3 is 39.2 Å². The van der Waals surface area contributed by atoms with Crippen molar-refractivity contribution in [1.29, 1.82) is 0 Å². The number of ether oxygens (including phenoxy) is 5. The molecule has 8 atom stereocenters. The number of rotatable bonds is 10. The van der Waals surface area contributed by atoms with Crippen LogP contribution in [-0.4, -0.2) is 92.4 Å². The first kappa shape index (κ1) is 28.8. The summed E-state index contributed by atoms with van der Waals surface area (Å²) in [5.41, 5.74) is -0.0346. The lowest BCUT2D eigenvalue weighted by Gasteiger charge is -2.45. The molecule has 0 bridgehead atoms. The molecule has 10 nitrogen and oxygen atoms in total. The van der Waals surface area contributed by atoms with E-state index in [0.29, 0.717) is 0 Å². The van der Waals surface area contributed by atoms with E-state index in [-0.39, 0.29) is 43.7 Å². The van der Waals surface area contributed by atoms with Crippen LogP contribution < -0.4 is 5.32 Å². The van der Waals surface area contributed by atoms with E-state index in [1.54, 1.807) is 13.8 Å². The third-order valence-electron chi connectivity index (χ3n) is 7.19. The number of Topliss-reactive ketones (excluding diaryl/α,β-unsaturated/α-hetero) is 1. The van der Waals surface area contributed by atoms with E-state index in [1.807, 2.05) is 13.8 Å². The van der Waals surface area contributed by atoms with E-state index in [9.17, 15) is 19.8 Å². The van der Waals surface area contributed by atoms with E-state index in [0.717, 1.165) is 5.57 Å². The predicted octanol–water partition coefficient (Wildman–Crippen LogP) is 0.930. The molecule has 0 spiro atoms. The lowest BCUT2D eigenvalue weighted by molar-refractivity contribution is -0.298. The molecule has 1 amide bonds. The summed E-state index contributed by atoms with van der Waals surface area (Å²) in [5, 5.41) is 23.7. The molecule has 10 heteroatoms. The minimum atomic E-state index is -1.68. The van der Waals surface area contributed by atoms with Gasteiger partial charge in [-0.3, -0.25) is 9.59 Å². The lowest BCUT2D eigenvalue weighted by Crippen LogP contribution is -2.62. The zero-order chi connectivity index (χ0) is 25.8. The third kappa shape index (κ3) is 6.04. The zero-order valence-corrected chi connectivity index (χ0v) is 21.3. The van der Waals surface area contributed by atoms with Gasteiger partial charge in [-0.1, -0.05) is 32.9 Å². The molecule has 196 valence electrons. The molecule has 2 aliphatic rings. The molecule has 0 saturated carbocycles. The summed E-state index contributed by atoms with van der Waals surface area (Å²) < 4.78 is 27.9. The number of aliphatic hydroxyl groups is 2. The number of carbonyl (C=O) groups excluding carboxylic acids is 2. The number of amides is 1. The molecule has 0 aromatic rings. The molecule has 2 saturated heterocycles. The van der Waals surface area contributed by atoms with E-state index in [1.165, 1.54) is 21.3 Å². The Bertz CT molecular complexity index is 742. The highest BCUT2D eigenvalue weighted by Gasteiger charge is 2.51. The SMILES string of the molecule is C=C1C[C@](OC)([C@H](O)C(=O)N[C@@H](OC)[C@@H]2CC(=O)C(C)(C)[C@@H](C[C@H](O)COC)O2)O[C@H](C)[C@@H]1C. The molecule has 2 rings (SSSR count). The third-order valence-corrected chi connectivity index (χ3v) is 7.19. The number of carbonyl (C=O) groups is 2. The van der Waals surface area contributed by atoms with Gasteiger partial charge in [0.25, 0.3) is 5.91 Å². The number of nitrogens with one attached hydrogen (secondary N) is 1. The summed E-state index contributed by atoms with van der Waals surface area (Å²) in [5.74, 6) is -2.43. The van der Waals surface area contributed by atoms with Crippen molar-refractivity contribution in [3.05, 3.63) is 12.2 Å².